The summed E-state index contributed by atoms with van der Waals surface area (Å²) in [6.07, 6.45) is 2.53. The minimum atomic E-state index is -0.402. The van der Waals surface area contributed by atoms with Crippen molar-refractivity contribution in [2.24, 2.45) is 11.8 Å². The van der Waals surface area contributed by atoms with Crippen LogP contribution in [0.4, 0.5) is 0 Å². The molecule has 3 rings (SSSR count). The number of fused-ring (bicyclic) bond motifs is 1. The molecule has 0 aromatic heterocycles. The van der Waals surface area contributed by atoms with Crippen LogP contribution in [0.25, 0.3) is 0 Å². The second-order valence-electron chi connectivity index (χ2n) is 4.56. The third-order valence-corrected chi connectivity index (χ3v) is 4.18. The quantitative estimate of drug-likeness (QED) is 0.780. The molecule has 0 amide bonds. The van der Waals surface area contributed by atoms with Gasteiger partial charge in [-0.3, -0.25) is 9.59 Å². The zero-order chi connectivity index (χ0) is 11.3. The largest absolute Gasteiger partial charge is 0.299 e. The Morgan fingerprint density at radius 1 is 1.31 bits per heavy atom. The van der Waals surface area contributed by atoms with Gasteiger partial charge in [-0.1, -0.05) is 28.1 Å². The van der Waals surface area contributed by atoms with Crippen LogP contribution in [0.1, 0.15) is 28.8 Å². The number of carbonyl (C=O) groups is 2. The molecule has 1 atom stereocenters. The van der Waals surface area contributed by atoms with Crippen molar-refractivity contribution in [3.8, 4) is 0 Å². The Labute approximate surface area is 102 Å². The fourth-order valence-corrected chi connectivity index (χ4v) is 2.89. The third kappa shape index (κ3) is 1.46. The molecule has 0 spiro atoms. The van der Waals surface area contributed by atoms with Gasteiger partial charge in [-0.05, 0) is 30.9 Å². The Morgan fingerprint density at radius 2 is 2.06 bits per heavy atom. The summed E-state index contributed by atoms with van der Waals surface area (Å²) in [7, 11) is 0. The first-order chi connectivity index (χ1) is 7.68. The van der Waals surface area contributed by atoms with E-state index in [0.717, 1.165) is 28.4 Å². The predicted molar refractivity (Wildman–Crippen MR) is 63.4 cm³/mol. The molecule has 3 heteroatoms. The van der Waals surface area contributed by atoms with Crippen molar-refractivity contribution in [2.45, 2.75) is 19.3 Å². The smallest absolute Gasteiger partial charge is 0.173 e. The van der Waals surface area contributed by atoms with E-state index in [2.05, 4.69) is 15.9 Å². The summed E-state index contributed by atoms with van der Waals surface area (Å²) in [5.41, 5.74) is 1.74. The Morgan fingerprint density at radius 3 is 2.69 bits per heavy atom. The zero-order valence-corrected chi connectivity index (χ0v) is 10.3. The first-order valence-corrected chi connectivity index (χ1v) is 6.33. The number of benzene rings is 1. The van der Waals surface area contributed by atoms with Crippen LogP contribution in [-0.4, -0.2) is 11.6 Å². The van der Waals surface area contributed by atoms with Crippen molar-refractivity contribution < 1.29 is 9.59 Å². The fraction of sp³-hybridized carbons (Fsp3) is 0.385. The lowest BCUT2D eigenvalue weighted by atomic mass is 9.96. The molecule has 1 unspecified atom stereocenters. The highest BCUT2D eigenvalue weighted by Crippen LogP contribution is 2.39. The van der Waals surface area contributed by atoms with E-state index in [4.69, 9.17) is 0 Å². The summed E-state index contributed by atoms with van der Waals surface area (Å²) < 4.78 is 0.949. The lowest BCUT2D eigenvalue weighted by Gasteiger charge is -2.04. The van der Waals surface area contributed by atoms with Crippen molar-refractivity contribution in [1.29, 1.82) is 0 Å². The third-order valence-electron chi connectivity index (χ3n) is 3.43. The number of rotatable bonds is 2. The fourth-order valence-electron chi connectivity index (χ4n) is 2.36. The molecule has 1 saturated carbocycles. The molecule has 16 heavy (non-hydrogen) atoms. The van der Waals surface area contributed by atoms with Crippen molar-refractivity contribution >= 4 is 27.5 Å². The van der Waals surface area contributed by atoms with Crippen LogP contribution in [0.2, 0.25) is 0 Å². The van der Waals surface area contributed by atoms with Gasteiger partial charge in [0.2, 0.25) is 0 Å². The lowest BCUT2D eigenvalue weighted by molar-refractivity contribution is -0.122. The van der Waals surface area contributed by atoms with E-state index >= 15 is 0 Å². The van der Waals surface area contributed by atoms with Crippen molar-refractivity contribution in [3.05, 3.63) is 33.8 Å². The predicted octanol–water partition coefficient (Wildman–Crippen LogP) is 2.78. The van der Waals surface area contributed by atoms with E-state index in [9.17, 15) is 9.59 Å². The summed E-state index contributed by atoms with van der Waals surface area (Å²) in [4.78, 5) is 24.0. The van der Waals surface area contributed by atoms with Crippen LogP contribution in [0.15, 0.2) is 22.7 Å². The van der Waals surface area contributed by atoms with E-state index in [1.165, 1.54) is 0 Å². The maximum atomic E-state index is 12.1. The Balaban J connectivity index is 1.96. The first-order valence-electron chi connectivity index (χ1n) is 5.54. The van der Waals surface area contributed by atoms with Crippen LogP contribution in [0.3, 0.4) is 0 Å². The molecule has 0 aliphatic heterocycles. The van der Waals surface area contributed by atoms with Gasteiger partial charge in [0.25, 0.3) is 0 Å². The summed E-state index contributed by atoms with van der Waals surface area (Å²) in [5, 5.41) is 0. The normalized spacial score (nSPS) is 23.3. The van der Waals surface area contributed by atoms with Crippen LogP contribution in [0, 0.1) is 11.8 Å². The van der Waals surface area contributed by atoms with Gasteiger partial charge in [0.15, 0.2) is 5.78 Å². The maximum Gasteiger partial charge on any atom is 0.173 e. The van der Waals surface area contributed by atoms with E-state index in [-0.39, 0.29) is 17.5 Å². The monoisotopic (exact) mass is 278 g/mol. The van der Waals surface area contributed by atoms with Crippen LogP contribution in [0.5, 0.6) is 0 Å². The number of carbonyl (C=O) groups excluding carboxylic acids is 2. The molecular formula is C13H11BrO2. The summed E-state index contributed by atoms with van der Waals surface area (Å²) in [5.74, 6) is -0.0514. The van der Waals surface area contributed by atoms with Gasteiger partial charge in [-0.15, -0.1) is 0 Å². The van der Waals surface area contributed by atoms with Gasteiger partial charge in [0.1, 0.15) is 5.78 Å². The molecule has 1 aromatic carbocycles. The lowest BCUT2D eigenvalue weighted by Crippen LogP contribution is -2.22. The zero-order valence-electron chi connectivity index (χ0n) is 8.70. The Hall–Kier alpha value is -0.960. The molecule has 2 nitrogen and oxygen atoms in total. The molecule has 0 heterocycles. The van der Waals surface area contributed by atoms with Crippen LogP contribution < -0.4 is 0 Å². The molecule has 2 aliphatic carbocycles. The minimum absolute atomic E-state index is 0.0215. The van der Waals surface area contributed by atoms with Gasteiger partial charge in [0, 0.05) is 16.0 Å². The number of Topliss-reactive ketones (excluding diaryl/α,β-unsaturated/α-hetero) is 2. The average Bonchev–Trinajstić information content (AvgIpc) is 3.05. The van der Waals surface area contributed by atoms with Gasteiger partial charge >= 0.3 is 0 Å². The highest BCUT2D eigenvalue weighted by Gasteiger charge is 2.42. The Bertz CT molecular complexity index is 489. The minimum Gasteiger partial charge on any atom is -0.299 e. The maximum absolute atomic E-state index is 12.1. The second kappa shape index (κ2) is 3.52. The number of halogens is 1. The highest BCUT2D eigenvalue weighted by atomic mass is 79.9. The average molecular weight is 279 g/mol. The first kappa shape index (κ1) is 10.2. The van der Waals surface area contributed by atoms with Crippen LogP contribution in [-0.2, 0) is 11.2 Å². The van der Waals surface area contributed by atoms with E-state index in [1.807, 2.05) is 18.2 Å². The van der Waals surface area contributed by atoms with Gasteiger partial charge < -0.3 is 0 Å². The summed E-state index contributed by atoms with van der Waals surface area (Å²) in [6.45, 7) is 0. The standard InChI is InChI=1S/C13H11BrO2/c14-11-3-1-2-8-9(11)6-10(13(8)16)12(15)7-4-5-7/h1-3,7,10H,4-6H2. The van der Waals surface area contributed by atoms with Gasteiger partial charge in [-0.2, -0.15) is 0 Å². The van der Waals surface area contributed by atoms with Gasteiger partial charge in [0.05, 0.1) is 5.92 Å². The summed E-state index contributed by atoms with van der Waals surface area (Å²) >= 11 is 3.44. The number of hydrogen-bond acceptors (Lipinski definition) is 2. The second-order valence-corrected chi connectivity index (χ2v) is 5.42. The highest BCUT2D eigenvalue weighted by molar-refractivity contribution is 9.10. The topological polar surface area (TPSA) is 34.1 Å². The molecule has 0 saturated heterocycles. The molecular weight excluding hydrogens is 268 g/mol. The molecule has 2 aliphatic rings. The summed E-state index contributed by atoms with van der Waals surface area (Å²) in [6, 6.07) is 5.60. The van der Waals surface area contributed by atoms with E-state index < -0.39 is 5.92 Å². The van der Waals surface area contributed by atoms with Crippen LogP contribution >= 0.6 is 15.9 Å². The SMILES string of the molecule is O=C1c2cccc(Br)c2CC1C(=O)C1CC1. The van der Waals surface area contributed by atoms with Crippen molar-refractivity contribution in [3.63, 3.8) is 0 Å². The molecule has 0 radical (unpaired) electrons. The molecule has 0 bridgehead atoms. The van der Waals surface area contributed by atoms with Crippen molar-refractivity contribution in [1.82, 2.24) is 0 Å². The number of ketones is 2. The molecule has 0 N–H and O–H groups in total. The molecule has 1 aromatic rings. The number of hydrogen-bond donors (Lipinski definition) is 0. The van der Waals surface area contributed by atoms with E-state index in [1.54, 1.807) is 0 Å². The molecule has 82 valence electrons. The molecule has 1 fully saturated rings. The van der Waals surface area contributed by atoms with E-state index in [0.29, 0.717) is 6.42 Å². The Kier molecular flexibility index (Phi) is 2.25. The van der Waals surface area contributed by atoms with Crippen molar-refractivity contribution in [2.75, 3.05) is 0 Å². The van der Waals surface area contributed by atoms with Gasteiger partial charge in [-0.25, -0.2) is 0 Å².